The van der Waals surface area contributed by atoms with Crippen molar-refractivity contribution in [2.24, 2.45) is 16.6 Å². The van der Waals surface area contributed by atoms with Gasteiger partial charge in [-0.3, -0.25) is 9.79 Å². The third kappa shape index (κ3) is 3.92. The summed E-state index contributed by atoms with van der Waals surface area (Å²) in [4.78, 5) is 16.0. The van der Waals surface area contributed by atoms with E-state index in [1.54, 1.807) is 18.3 Å². The van der Waals surface area contributed by atoms with E-state index in [9.17, 15) is 4.79 Å². The van der Waals surface area contributed by atoms with Crippen molar-refractivity contribution >= 4 is 23.5 Å². The highest BCUT2D eigenvalue weighted by Crippen LogP contribution is 2.46. The second kappa shape index (κ2) is 8.37. The Morgan fingerprint density at radius 2 is 1.86 bits per heavy atom. The first kappa shape index (κ1) is 19.6. The van der Waals surface area contributed by atoms with E-state index in [1.807, 2.05) is 6.07 Å². The van der Waals surface area contributed by atoms with Gasteiger partial charge in [-0.15, -0.1) is 0 Å². The maximum atomic E-state index is 11.5. The van der Waals surface area contributed by atoms with Gasteiger partial charge in [0.1, 0.15) is 0 Å². The molecule has 5 heteroatoms. The molecule has 2 aliphatic rings. The molecule has 1 heterocycles. The number of anilines is 1. The molecule has 0 radical (unpaired) electrons. The minimum Gasteiger partial charge on any atom is -0.398 e. The van der Waals surface area contributed by atoms with Gasteiger partial charge < -0.3 is 16.8 Å². The van der Waals surface area contributed by atoms with Crippen LogP contribution in [0.3, 0.4) is 0 Å². The third-order valence-corrected chi connectivity index (χ3v) is 6.75. The third-order valence-electron chi connectivity index (χ3n) is 6.75. The van der Waals surface area contributed by atoms with Crippen molar-refractivity contribution in [1.82, 2.24) is 5.32 Å². The Morgan fingerprint density at radius 1 is 1.10 bits per heavy atom. The number of carbonyl (C=O) groups is 1. The normalized spacial score (nSPS) is 22.9. The SMILES string of the molecule is NC(=O)c1cccc(C=Nc2ccc(C3(C4CCCC4)CCCNC3)cc2)c1N. The summed E-state index contributed by atoms with van der Waals surface area (Å²) in [6, 6.07) is 13.9. The summed E-state index contributed by atoms with van der Waals surface area (Å²) in [7, 11) is 0. The molecule has 1 atom stereocenters. The molecule has 1 saturated heterocycles. The molecule has 1 saturated carbocycles. The van der Waals surface area contributed by atoms with Crippen molar-refractivity contribution in [2.45, 2.75) is 43.9 Å². The fourth-order valence-electron chi connectivity index (χ4n) is 5.17. The van der Waals surface area contributed by atoms with Gasteiger partial charge >= 0.3 is 0 Å². The second-order valence-electron chi connectivity index (χ2n) is 8.40. The predicted molar refractivity (Wildman–Crippen MR) is 119 cm³/mol. The summed E-state index contributed by atoms with van der Waals surface area (Å²) in [5, 5.41) is 3.65. The van der Waals surface area contributed by atoms with Crippen LogP contribution in [0.4, 0.5) is 11.4 Å². The molecule has 2 fully saturated rings. The summed E-state index contributed by atoms with van der Waals surface area (Å²) in [6.07, 6.45) is 9.62. The molecule has 1 aliphatic heterocycles. The largest absolute Gasteiger partial charge is 0.398 e. The summed E-state index contributed by atoms with van der Waals surface area (Å²) in [5.74, 6) is 0.251. The van der Waals surface area contributed by atoms with Gasteiger partial charge in [0.05, 0.1) is 16.9 Å². The van der Waals surface area contributed by atoms with Crippen molar-refractivity contribution in [3.63, 3.8) is 0 Å². The molecular weight excluding hydrogens is 360 g/mol. The number of hydrogen-bond donors (Lipinski definition) is 3. The van der Waals surface area contributed by atoms with Crippen LogP contribution < -0.4 is 16.8 Å². The zero-order chi connectivity index (χ0) is 20.3. The lowest BCUT2D eigenvalue weighted by Crippen LogP contribution is -2.47. The smallest absolute Gasteiger partial charge is 0.250 e. The number of piperidine rings is 1. The molecule has 1 unspecified atom stereocenters. The first-order valence-electron chi connectivity index (χ1n) is 10.6. The van der Waals surface area contributed by atoms with Crippen LogP contribution in [0.2, 0.25) is 0 Å². The van der Waals surface area contributed by atoms with E-state index in [0.29, 0.717) is 16.8 Å². The summed E-state index contributed by atoms with van der Waals surface area (Å²) in [5.41, 5.74) is 15.4. The lowest BCUT2D eigenvalue weighted by atomic mass is 9.65. The molecule has 0 aromatic heterocycles. The van der Waals surface area contributed by atoms with Crippen LogP contribution >= 0.6 is 0 Å². The lowest BCUT2D eigenvalue weighted by molar-refractivity contribution is 0.100. The molecule has 152 valence electrons. The van der Waals surface area contributed by atoms with E-state index in [-0.39, 0.29) is 5.41 Å². The van der Waals surface area contributed by atoms with Crippen LogP contribution in [0.1, 0.15) is 60.0 Å². The zero-order valence-electron chi connectivity index (χ0n) is 16.9. The first-order chi connectivity index (χ1) is 14.1. The molecule has 5 N–H and O–H groups in total. The average molecular weight is 391 g/mol. The number of nitrogens with zero attached hydrogens (tertiary/aromatic N) is 1. The van der Waals surface area contributed by atoms with Gasteiger partial charge in [-0.1, -0.05) is 37.1 Å². The number of aliphatic imine (C=N–C) groups is 1. The Balaban J connectivity index is 1.57. The minimum absolute atomic E-state index is 0.261. The maximum Gasteiger partial charge on any atom is 0.250 e. The zero-order valence-corrected chi connectivity index (χ0v) is 16.9. The van der Waals surface area contributed by atoms with Crippen LogP contribution in [0.15, 0.2) is 47.5 Å². The number of amides is 1. The van der Waals surface area contributed by atoms with Crippen molar-refractivity contribution in [1.29, 1.82) is 0 Å². The van der Waals surface area contributed by atoms with E-state index in [1.165, 1.54) is 44.1 Å². The standard InChI is InChI=1S/C24H30N4O/c25-22-17(5-3-8-21(22)23(26)29)15-28-20-11-9-19(10-12-20)24(13-4-14-27-16-24)18-6-1-2-7-18/h3,5,8-12,15,18,27H,1-2,4,6-7,13-14,16,25H2,(H2,26,29). The van der Waals surface area contributed by atoms with Crippen molar-refractivity contribution in [3.8, 4) is 0 Å². The highest BCUT2D eigenvalue weighted by Gasteiger charge is 2.42. The van der Waals surface area contributed by atoms with Crippen molar-refractivity contribution in [3.05, 3.63) is 59.2 Å². The average Bonchev–Trinajstić information content (AvgIpc) is 3.29. The molecule has 29 heavy (non-hydrogen) atoms. The highest BCUT2D eigenvalue weighted by atomic mass is 16.1. The summed E-state index contributed by atoms with van der Waals surface area (Å²) < 4.78 is 0. The molecule has 1 amide bonds. The Bertz CT molecular complexity index is 892. The van der Waals surface area contributed by atoms with Gasteiger partial charge in [0.2, 0.25) is 0 Å². The minimum atomic E-state index is -0.527. The van der Waals surface area contributed by atoms with E-state index >= 15 is 0 Å². The monoisotopic (exact) mass is 390 g/mol. The number of nitrogen functional groups attached to an aromatic ring is 1. The fraction of sp³-hybridized carbons (Fsp3) is 0.417. The molecule has 0 bridgehead atoms. The van der Waals surface area contributed by atoms with Crippen LogP contribution in [-0.4, -0.2) is 25.2 Å². The number of hydrogen-bond acceptors (Lipinski definition) is 4. The molecule has 4 rings (SSSR count). The van der Waals surface area contributed by atoms with Crippen LogP contribution in [-0.2, 0) is 5.41 Å². The van der Waals surface area contributed by atoms with Crippen LogP contribution in [0.5, 0.6) is 0 Å². The second-order valence-corrected chi connectivity index (χ2v) is 8.40. The topological polar surface area (TPSA) is 93.5 Å². The maximum absolute atomic E-state index is 11.5. The molecular formula is C24H30N4O. The van der Waals surface area contributed by atoms with E-state index in [0.717, 1.165) is 24.7 Å². The van der Waals surface area contributed by atoms with Crippen LogP contribution in [0.25, 0.3) is 0 Å². The van der Waals surface area contributed by atoms with E-state index in [2.05, 4.69) is 34.6 Å². The Morgan fingerprint density at radius 3 is 2.52 bits per heavy atom. The van der Waals surface area contributed by atoms with E-state index in [4.69, 9.17) is 11.5 Å². The number of nitrogens with one attached hydrogen (secondary N) is 1. The summed E-state index contributed by atoms with van der Waals surface area (Å²) in [6.45, 7) is 2.21. The Labute approximate surface area is 172 Å². The molecule has 2 aromatic carbocycles. The van der Waals surface area contributed by atoms with Gasteiger partial charge in [-0.2, -0.15) is 0 Å². The number of nitrogens with two attached hydrogens (primary N) is 2. The van der Waals surface area contributed by atoms with Crippen LogP contribution in [0, 0.1) is 5.92 Å². The number of primary amides is 1. The number of rotatable bonds is 5. The van der Waals surface area contributed by atoms with Gasteiger partial charge in [0.15, 0.2) is 0 Å². The number of carbonyl (C=O) groups excluding carboxylic acids is 1. The Hall–Kier alpha value is -2.66. The Kier molecular flexibility index (Phi) is 5.67. The summed E-state index contributed by atoms with van der Waals surface area (Å²) >= 11 is 0. The highest BCUT2D eigenvalue weighted by molar-refractivity contribution is 6.02. The first-order valence-corrected chi connectivity index (χ1v) is 10.6. The number of para-hydroxylation sites is 1. The van der Waals surface area contributed by atoms with Gasteiger partial charge in [0, 0.05) is 23.7 Å². The molecule has 2 aromatic rings. The van der Waals surface area contributed by atoms with Crippen molar-refractivity contribution < 1.29 is 4.79 Å². The van der Waals surface area contributed by atoms with Crippen molar-refractivity contribution in [2.75, 3.05) is 18.8 Å². The molecule has 5 nitrogen and oxygen atoms in total. The quantitative estimate of drug-likeness (QED) is 0.533. The molecule has 0 spiro atoms. The van der Waals surface area contributed by atoms with Gasteiger partial charge in [0.25, 0.3) is 5.91 Å². The fourth-order valence-corrected chi connectivity index (χ4v) is 5.17. The van der Waals surface area contributed by atoms with Gasteiger partial charge in [-0.25, -0.2) is 0 Å². The van der Waals surface area contributed by atoms with Gasteiger partial charge in [-0.05, 0) is 61.9 Å². The number of benzene rings is 2. The predicted octanol–water partition coefficient (Wildman–Crippen LogP) is 3.93. The lowest BCUT2D eigenvalue weighted by Gasteiger charge is -2.43. The molecule has 1 aliphatic carbocycles. The van der Waals surface area contributed by atoms with E-state index < -0.39 is 5.91 Å².